The van der Waals surface area contributed by atoms with Gasteiger partial charge in [-0.15, -0.1) is 11.3 Å². The van der Waals surface area contributed by atoms with Gasteiger partial charge in [-0.2, -0.15) is 0 Å². The number of aryl methyl sites for hydroxylation is 1. The van der Waals surface area contributed by atoms with Gasteiger partial charge in [-0.05, 0) is 56.6 Å². The number of ketones is 1. The van der Waals surface area contributed by atoms with Crippen LogP contribution in [0.15, 0.2) is 41.3 Å². The number of likely N-dealkylation sites (N-methyl/N-ethyl adjacent to an activating group) is 1. The number of nitrogens with zero attached hydrogens (tertiary/aromatic N) is 2. The number of Topliss-reactive ketones (excluding diaryl/α,β-unsaturated/α-hetero) is 1. The van der Waals surface area contributed by atoms with Crippen LogP contribution in [-0.2, 0) is 9.59 Å². The van der Waals surface area contributed by atoms with E-state index in [1.807, 2.05) is 50.4 Å². The van der Waals surface area contributed by atoms with Crippen molar-refractivity contribution in [2.24, 2.45) is 0 Å². The van der Waals surface area contributed by atoms with E-state index >= 15 is 0 Å². The summed E-state index contributed by atoms with van der Waals surface area (Å²) in [5.41, 5.74) is 1.60. The van der Waals surface area contributed by atoms with Crippen molar-refractivity contribution in [2.45, 2.75) is 26.3 Å². The fraction of sp³-hybridized carbons (Fsp3) is 0.391. The molecule has 6 nitrogen and oxygen atoms in total. The first-order chi connectivity index (χ1) is 14.3. The van der Waals surface area contributed by atoms with Crippen molar-refractivity contribution in [3.8, 4) is 5.75 Å². The lowest BCUT2D eigenvalue weighted by molar-refractivity contribution is -0.140. The average molecular weight is 429 g/mol. The summed E-state index contributed by atoms with van der Waals surface area (Å²) in [6, 6.07) is 8.38. The van der Waals surface area contributed by atoms with Crippen LogP contribution in [0, 0.1) is 6.92 Å². The Labute approximate surface area is 181 Å². The molecule has 0 spiro atoms. The largest absolute Gasteiger partial charge is 0.507 e. The molecule has 1 amide bonds. The van der Waals surface area contributed by atoms with Crippen LogP contribution >= 0.6 is 11.3 Å². The molecule has 1 fully saturated rings. The van der Waals surface area contributed by atoms with E-state index in [2.05, 4.69) is 0 Å². The predicted molar refractivity (Wildman–Crippen MR) is 119 cm³/mol. The highest BCUT2D eigenvalue weighted by atomic mass is 32.1. The number of thiophene rings is 1. The van der Waals surface area contributed by atoms with Gasteiger partial charge in [-0.25, -0.2) is 0 Å². The molecule has 1 aromatic heterocycles. The summed E-state index contributed by atoms with van der Waals surface area (Å²) in [4.78, 5) is 30.3. The average Bonchev–Trinajstić information content (AvgIpc) is 3.25. The summed E-state index contributed by atoms with van der Waals surface area (Å²) in [6.45, 7) is 5.55. The maximum atomic E-state index is 13.0. The van der Waals surface area contributed by atoms with Gasteiger partial charge in [0.2, 0.25) is 0 Å². The monoisotopic (exact) mass is 428 g/mol. The van der Waals surface area contributed by atoms with Crippen molar-refractivity contribution in [1.29, 1.82) is 0 Å². The second-order valence-electron chi connectivity index (χ2n) is 7.64. The quantitative estimate of drug-likeness (QED) is 0.393. The third kappa shape index (κ3) is 4.42. The van der Waals surface area contributed by atoms with E-state index < -0.39 is 17.7 Å². The highest BCUT2D eigenvalue weighted by molar-refractivity contribution is 7.10. The predicted octanol–water partition coefficient (Wildman–Crippen LogP) is 3.83. The van der Waals surface area contributed by atoms with Gasteiger partial charge in [-0.3, -0.25) is 9.59 Å². The van der Waals surface area contributed by atoms with Crippen molar-refractivity contribution < 1.29 is 19.4 Å². The number of aliphatic hydroxyl groups is 1. The van der Waals surface area contributed by atoms with Crippen LogP contribution in [0.1, 0.15) is 35.4 Å². The summed E-state index contributed by atoms with van der Waals surface area (Å²) in [5, 5.41) is 13.1. The van der Waals surface area contributed by atoms with E-state index in [0.29, 0.717) is 31.0 Å². The van der Waals surface area contributed by atoms with Crippen LogP contribution in [0.2, 0.25) is 0 Å². The molecule has 1 N–H and O–H groups in total. The lowest BCUT2D eigenvalue weighted by Crippen LogP contribution is -2.35. The number of aliphatic hydroxyl groups excluding tert-OH is 1. The minimum atomic E-state index is -0.649. The summed E-state index contributed by atoms with van der Waals surface area (Å²) in [6.07, 6.45) is 0.866. The first-order valence-corrected chi connectivity index (χ1v) is 10.9. The number of likely N-dealkylation sites (tertiary alicyclic amines) is 1. The molecule has 1 atom stereocenters. The van der Waals surface area contributed by atoms with Crippen molar-refractivity contribution in [2.75, 3.05) is 33.8 Å². The van der Waals surface area contributed by atoms with Crippen LogP contribution in [0.5, 0.6) is 5.75 Å². The molecule has 3 rings (SSSR count). The van der Waals surface area contributed by atoms with Crippen molar-refractivity contribution in [3.63, 3.8) is 0 Å². The summed E-state index contributed by atoms with van der Waals surface area (Å²) in [7, 11) is 3.84. The molecule has 1 aliphatic heterocycles. The Hall–Kier alpha value is -2.64. The maximum absolute atomic E-state index is 13.0. The molecule has 1 saturated heterocycles. The lowest BCUT2D eigenvalue weighted by Gasteiger charge is -2.26. The Bertz CT molecular complexity index is 964. The number of amides is 1. The van der Waals surface area contributed by atoms with Crippen molar-refractivity contribution in [1.82, 2.24) is 9.80 Å². The molecule has 0 saturated carbocycles. The molecule has 1 aliphatic rings. The zero-order valence-electron chi connectivity index (χ0n) is 17.8. The summed E-state index contributed by atoms with van der Waals surface area (Å²) >= 11 is 1.49. The normalized spacial score (nSPS) is 18.4. The summed E-state index contributed by atoms with van der Waals surface area (Å²) < 4.78 is 5.66. The van der Waals surface area contributed by atoms with Crippen molar-refractivity contribution >= 4 is 28.8 Å². The Morgan fingerprint density at radius 1 is 1.27 bits per heavy atom. The fourth-order valence-electron chi connectivity index (χ4n) is 3.46. The molecule has 2 heterocycles. The molecular weight excluding hydrogens is 400 g/mol. The third-order valence-corrected chi connectivity index (χ3v) is 6.13. The van der Waals surface area contributed by atoms with Gasteiger partial charge in [0.15, 0.2) is 0 Å². The maximum Gasteiger partial charge on any atom is 0.295 e. The Balaban J connectivity index is 2.09. The van der Waals surface area contributed by atoms with Gasteiger partial charge in [-0.1, -0.05) is 19.1 Å². The summed E-state index contributed by atoms with van der Waals surface area (Å²) in [5.74, 6) is -0.773. The first kappa shape index (κ1) is 22.1. The van der Waals surface area contributed by atoms with Crippen LogP contribution in [-0.4, -0.2) is 60.4 Å². The molecule has 7 heteroatoms. The second kappa shape index (κ2) is 9.45. The molecule has 1 aromatic carbocycles. The number of carbonyl (C=O) groups is 2. The zero-order chi connectivity index (χ0) is 21.8. The molecular formula is C23H28N2O4S. The zero-order valence-corrected chi connectivity index (χ0v) is 18.7. The molecule has 0 bridgehead atoms. The van der Waals surface area contributed by atoms with Crippen LogP contribution < -0.4 is 4.74 Å². The molecule has 0 aliphatic carbocycles. The number of hydrogen-bond acceptors (Lipinski definition) is 6. The van der Waals surface area contributed by atoms with Crippen LogP contribution in [0.4, 0.5) is 0 Å². The van der Waals surface area contributed by atoms with E-state index in [-0.39, 0.29) is 11.3 Å². The van der Waals surface area contributed by atoms with Gasteiger partial charge in [0.05, 0.1) is 18.2 Å². The highest BCUT2D eigenvalue weighted by Crippen LogP contribution is 2.42. The van der Waals surface area contributed by atoms with Gasteiger partial charge >= 0.3 is 0 Å². The highest BCUT2D eigenvalue weighted by Gasteiger charge is 2.46. The number of rotatable bonds is 8. The van der Waals surface area contributed by atoms with E-state index in [1.54, 1.807) is 23.1 Å². The smallest absolute Gasteiger partial charge is 0.295 e. The van der Waals surface area contributed by atoms with Crippen LogP contribution in [0.3, 0.4) is 0 Å². The Morgan fingerprint density at radius 3 is 2.67 bits per heavy atom. The molecule has 0 radical (unpaired) electrons. The SMILES string of the molecule is CCCOc1cccc(/C(O)=C2/C(=O)C(=O)N(CCN(C)C)C2c2sccc2C)c1. The topological polar surface area (TPSA) is 70.1 Å². The van der Waals surface area contributed by atoms with Gasteiger partial charge in [0.25, 0.3) is 11.7 Å². The van der Waals surface area contributed by atoms with Gasteiger partial charge in [0.1, 0.15) is 11.5 Å². The standard InChI is InChI=1S/C23H28N2O4S/c1-5-12-29-17-8-6-7-16(14-17)20(26)18-19(22-15(2)9-13-30-22)25(11-10-24(3)4)23(28)21(18)27/h6-9,13-14,19,26H,5,10-12H2,1-4H3/b20-18-. The van der Waals surface area contributed by atoms with Gasteiger partial charge < -0.3 is 19.6 Å². The number of hydrogen-bond donors (Lipinski definition) is 1. The molecule has 30 heavy (non-hydrogen) atoms. The Morgan fingerprint density at radius 2 is 2.03 bits per heavy atom. The fourth-order valence-corrected chi connectivity index (χ4v) is 4.51. The number of benzene rings is 1. The van der Waals surface area contributed by atoms with Crippen LogP contribution in [0.25, 0.3) is 5.76 Å². The molecule has 1 unspecified atom stereocenters. The van der Waals surface area contributed by atoms with Crippen molar-refractivity contribution in [3.05, 3.63) is 57.3 Å². The van der Waals surface area contributed by atoms with E-state index in [9.17, 15) is 14.7 Å². The van der Waals surface area contributed by atoms with Gasteiger partial charge in [0, 0.05) is 23.5 Å². The second-order valence-corrected chi connectivity index (χ2v) is 8.59. The molecule has 160 valence electrons. The lowest BCUT2D eigenvalue weighted by atomic mass is 9.98. The van der Waals surface area contributed by atoms with E-state index in [1.165, 1.54) is 11.3 Å². The first-order valence-electron chi connectivity index (χ1n) is 10.1. The minimum absolute atomic E-state index is 0.136. The number of carbonyl (C=O) groups excluding carboxylic acids is 2. The van der Waals surface area contributed by atoms with E-state index in [4.69, 9.17) is 4.74 Å². The minimum Gasteiger partial charge on any atom is -0.507 e. The number of ether oxygens (including phenoxy) is 1. The van der Waals surface area contributed by atoms with E-state index in [0.717, 1.165) is 16.9 Å². The Kier molecular flexibility index (Phi) is 6.95. The molecule has 2 aromatic rings. The third-order valence-electron chi connectivity index (χ3n) is 5.06.